The second-order valence-electron chi connectivity index (χ2n) is 7.48. The Balaban J connectivity index is 1.85. The molecular formula is C18H28N2O. The number of likely N-dealkylation sites (N-methyl/N-ethyl adjacent to an activating group) is 1. The lowest BCUT2D eigenvalue weighted by Gasteiger charge is -2.50. The first-order chi connectivity index (χ1) is 9.90. The minimum Gasteiger partial charge on any atom is -0.387 e. The Hall–Kier alpha value is -0.900. The number of rotatable bonds is 1. The van der Waals surface area contributed by atoms with E-state index in [-0.39, 0.29) is 17.7 Å². The number of aliphatic hydroxyl groups is 1. The summed E-state index contributed by atoms with van der Waals surface area (Å²) in [6.45, 7) is 10.0. The van der Waals surface area contributed by atoms with E-state index in [1.165, 1.54) is 5.56 Å². The molecule has 1 aliphatic carbocycles. The van der Waals surface area contributed by atoms with E-state index < -0.39 is 0 Å². The Morgan fingerprint density at radius 1 is 1.14 bits per heavy atom. The molecule has 0 radical (unpaired) electrons. The van der Waals surface area contributed by atoms with E-state index in [4.69, 9.17) is 0 Å². The standard InChI is InChI=1S/C18H28N2O/c1-13-11-16(17(21)15-8-6-5-7-14(13)15)20-10-9-19(4)18(2,3)12-20/h5-8,13,16-17,21H,9-12H2,1-4H3. The SMILES string of the molecule is CC1CC(N2CCN(C)C(C)(C)C2)C(O)c2ccccc21. The lowest BCUT2D eigenvalue weighted by Crippen LogP contribution is -2.61. The van der Waals surface area contributed by atoms with E-state index in [0.717, 1.165) is 31.6 Å². The van der Waals surface area contributed by atoms with Crippen molar-refractivity contribution in [2.24, 2.45) is 0 Å². The summed E-state index contributed by atoms with van der Waals surface area (Å²) < 4.78 is 0. The van der Waals surface area contributed by atoms with E-state index in [0.29, 0.717) is 5.92 Å². The van der Waals surface area contributed by atoms with E-state index in [9.17, 15) is 5.11 Å². The molecule has 3 nitrogen and oxygen atoms in total. The van der Waals surface area contributed by atoms with E-state index in [1.54, 1.807) is 0 Å². The van der Waals surface area contributed by atoms with Crippen LogP contribution in [0.2, 0.25) is 0 Å². The minimum absolute atomic E-state index is 0.179. The summed E-state index contributed by atoms with van der Waals surface area (Å²) >= 11 is 0. The van der Waals surface area contributed by atoms with Gasteiger partial charge >= 0.3 is 0 Å². The lowest BCUT2D eigenvalue weighted by atomic mass is 9.78. The van der Waals surface area contributed by atoms with Crippen LogP contribution in [0.4, 0.5) is 0 Å². The van der Waals surface area contributed by atoms with Crippen molar-refractivity contribution in [2.75, 3.05) is 26.7 Å². The second kappa shape index (κ2) is 5.38. The van der Waals surface area contributed by atoms with Gasteiger partial charge in [-0.15, -0.1) is 0 Å². The van der Waals surface area contributed by atoms with Gasteiger partial charge in [0.25, 0.3) is 0 Å². The van der Waals surface area contributed by atoms with Gasteiger partial charge in [-0.25, -0.2) is 0 Å². The van der Waals surface area contributed by atoms with Gasteiger partial charge in [0, 0.05) is 31.2 Å². The summed E-state index contributed by atoms with van der Waals surface area (Å²) in [5, 5.41) is 10.9. The maximum Gasteiger partial charge on any atom is 0.0948 e. The summed E-state index contributed by atoms with van der Waals surface area (Å²) in [4.78, 5) is 4.94. The molecule has 21 heavy (non-hydrogen) atoms. The maximum absolute atomic E-state index is 10.9. The van der Waals surface area contributed by atoms with E-state index >= 15 is 0 Å². The van der Waals surface area contributed by atoms with Crippen LogP contribution in [0, 0.1) is 0 Å². The van der Waals surface area contributed by atoms with Crippen molar-refractivity contribution in [1.82, 2.24) is 9.80 Å². The molecule has 1 N–H and O–H groups in total. The number of piperazine rings is 1. The van der Waals surface area contributed by atoms with Crippen LogP contribution in [0.15, 0.2) is 24.3 Å². The van der Waals surface area contributed by atoms with Crippen LogP contribution >= 0.6 is 0 Å². The summed E-state index contributed by atoms with van der Waals surface area (Å²) in [5.41, 5.74) is 2.64. The zero-order valence-corrected chi connectivity index (χ0v) is 13.7. The van der Waals surface area contributed by atoms with Crippen LogP contribution < -0.4 is 0 Å². The molecule has 2 aliphatic rings. The average molecular weight is 288 g/mol. The maximum atomic E-state index is 10.9. The number of benzene rings is 1. The fraction of sp³-hybridized carbons (Fsp3) is 0.667. The predicted octanol–water partition coefficient (Wildman–Crippen LogP) is 2.62. The molecule has 3 atom stereocenters. The third kappa shape index (κ3) is 2.63. The first-order valence-electron chi connectivity index (χ1n) is 8.12. The smallest absolute Gasteiger partial charge is 0.0948 e. The molecule has 1 fully saturated rings. The molecule has 3 heteroatoms. The summed E-state index contributed by atoms with van der Waals surface area (Å²) in [6, 6.07) is 8.66. The molecule has 3 unspecified atom stereocenters. The quantitative estimate of drug-likeness (QED) is 0.860. The summed E-state index contributed by atoms with van der Waals surface area (Å²) in [7, 11) is 2.20. The molecule has 0 spiro atoms. The Bertz CT molecular complexity index is 514. The molecule has 0 amide bonds. The normalized spacial score (nSPS) is 33.7. The van der Waals surface area contributed by atoms with Gasteiger partial charge in [0.15, 0.2) is 0 Å². The molecule has 1 heterocycles. The zero-order chi connectivity index (χ0) is 15.2. The summed E-state index contributed by atoms with van der Waals surface area (Å²) in [6.07, 6.45) is 0.703. The molecule has 1 aliphatic heterocycles. The molecule has 1 aromatic carbocycles. The fourth-order valence-corrected chi connectivity index (χ4v) is 3.96. The Morgan fingerprint density at radius 3 is 2.48 bits per heavy atom. The third-order valence-electron chi connectivity index (χ3n) is 5.62. The Kier molecular flexibility index (Phi) is 3.85. The first-order valence-corrected chi connectivity index (χ1v) is 8.12. The van der Waals surface area contributed by atoms with Crippen LogP contribution in [0.1, 0.15) is 50.3 Å². The lowest BCUT2D eigenvalue weighted by molar-refractivity contribution is -0.0334. The van der Waals surface area contributed by atoms with Crippen molar-refractivity contribution in [3.63, 3.8) is 0 Å². The second-order valence-corrected chi connectivity index (χ2v) is 7.48. The highest BCUT2D eigenvalue weighted by molar-refractivity contribution is 5.35. The van der Waals surface area contributed by atoms with Crippen LogP contribution in [0.3, 0.4) is 0 Å². The highest BCUT2D eigenvalue weighted by Gasteiger charge is 2.40. The Labute approximate surface area is 128 Å². The van der Waals surface area contributed by atoms with Crippen LogP contribution in [0.25, 0.3) is 0 Å². The molecule has 1 aromatic rings. The van der Waals surface area contributed by atoms with Crippen molar-refractivity contribution < 1.29 is 5.11 Å². The van der Waals surface area contributed by atoms with Gasteiger partial charge in [0.05, 0.1) is 6.10 Å². The van der Waals surface area contributed by atoms with Crippen molar-refractivity contribution in [3.05, 3.63) is 35.4 Å². The molecule has 0 saturated carbocycles. The van der Waals surface area contributed by atoms with Crippen LogP contribution in [-0.4, -0.2) is 53.2 Å². The van der Waals surface area contributed by atoms with Crippen molar-refractivity contribution >= 4 is 0 Å². The fourth-order valence-electron chi connectivity index (χ4n) is 3.96. The van der Waals surface area contributed by atoms with Gasteiger partial charge in [-0.3, -0.25) is 9.80 Å². The van der Waals surface area contributed by atoms with Gasteiger partial charge < -0.3 is 5.11 Å². The predicted molar refractivity (Wildman–Crippen MR) is 86.5 cm³/mol. The minimum atomic E-state index is -0.350. The van der Waals surface area contributed by atoms with Gasteiger partial charge in [-0.1, -0.05) is 31.2 Å². The molecule has 0 bridgehead atoms. The molecule has 0 aromatic heterocycles. The van der Waals surface area contributed by atoms with Gasteiger partial charge in [0.2, 0.25) is 0 Å². The first kappa shape index (κ1) is 15.0. The van der Waals surface area contributed by atoms with Gasteiger partial charge in [-0.2, -0.15) is 0 Å². The Morgan fingerprint density at radius 2 is 1.81 bits per heavy atom. The van der Waals surface area contributed by atoms with Gasteiger partial charge in [-0.05, 0) is 44.4 Å². The zero-order valence-electron chi connectivity index (χ0n) is 13.7. The molecular weight excluding hydrogens is 260 g/mol. The largest absolute Gasteiger partial charge is 0.387 e. The van der Waals surface area contributed by atoms with Crippen LogP contribution in [-0.2, 0) is 0 Å². The van der Waals surface area contributed by atoms with E-state index in [2.05, 4.69) is 55.8 Å². The van der Waals surface area contributed by atoms with Gasteiger partial charge in [0.1, 0.15) is 0 Å². The van der Waals surface area contributed by atoms with Crippen LogP contribution in [0.5, 0.6) is 0 Å². The number of hydrogen-bond acceptors (Lipinski definition) is 3. The molecule has 116 valence electrons. The van der Waals surface area contributed by atoms with E-state index in [1.807, 2.05) is 6.07 Å². The average Bonchev–Trinajstić information content (AvgIpc) is 2.46. The number of hydrogen-bond donors (Lipinski definition) is 1. The molecule has 3 rings (SSSR count). The highest BCUT2D eigenvalue weighted by Crippen LogP contribution is 2.40. The monoisotopic (exact) mass is 288 g/mol. The van der Waals surface area contributed by atoms with Crippen molar-refractivity contribution in [2.45, 2.75) is 50.8 Å². The molecule has 1 saturated heterocycles. The van der Waals surface area contributed by atoms with Crippen molar-refractivity contribution in [3.8, 4) is 0 Å². The number of aliphatic hydroxyl groups excluding tert-OH is 1. The number of nitrogens with zero attached hydrogens (tertiary/aromatic N) is 2. The van der Waals surface area contributed by atoms with Crippen molar-refractivity contribution in [1.29, 1.82) is 0 Å². The third-order valence-corrected chi connectivity index (χ3v) is 5.62. The summed E-state index contributed by atoms with van der Waals surface area (Å²) in [5.74, 6) is 0.525. The number of fused-ring (bicyclic) bond motifs is 1. The topological polar surface area (TPSA) is 26.7 Å². The highest BCUT2D eigenvalue weighted by atomic mass is 16.3.